The largest absolute Gasteiger partial charge is 0.480 e. The third kappa shape index (κ3) is 4.11. The molecule has 0 unspecified atom stereocenters. The molecule has 4 N–H and O–H groups in total. The Labute approximate surface area is 159 Å². The molecule has 0 saturated carbocycles. The third-order valence-electron chi connectivity index (χ3n) is 4.94. The SMILES string of the molecule is CC(=O)N(c1ccc(CCCN)cc1)[C@@H]1C[C@@H](C(=O)O)Nc2ccccc21. The van der Waals surface area contributed by atoms with Gasteiger partial charge >= 0.3 is 5.97 Å². The average molecular weight is 367 g/mol. The number of aryl methyl sites for hydroxylation is 1. The number of carbonyl (C=O) groups excluding carboxylic acids is 1. The minimum absolute atomic E-state index is 0.115. The van der Waals surface area contributed by atoms with Gasteiger partial charge in [-0.3, -0.25) is 4.79 Å². The number of hydrogen-bond donors (Lipinski definition) is 3. The van der Waals surface area contributed by atoms with Gasteiger partial charge in [-0.1, -0.05) is 30.3 Å². The van der Waals surface area contributed by atoms with Crippen molar-refractivity contribution in [2.45, 2.75) is 38.3 Å². The summed E-state index contributed by atoms with van der Waals surface area (Å²) in [6, 6.07) is 14.3. The van der Waals surface area contributed by atoms with E-state index in [1.54, 1.807) is 4.90 Å². The lowest BCUT2D eigenvalue weighted by atomic mass is 9.91. The quantitative estimate of drug-likeness (QED) is 0.729. The molecule has 0 spiro atoms. The summed E-state index contributed by atoms with van der Waals surface area (Å²) >= 11 is 0. The number of rotatable bonds is 6. The Kier molecular flexibility index (Phi) is 5.76. The van der Waals surface area contributed by atoms with Crippen molar-refractivity contribution in [2.75, 3.05) is 16.8 Å². The Balaban J connectivity index is 1.96. The Bertz CT molecular complexity index is 820. The highest BCUT2D eigenvalue weighted by Gasteiger charge is 2.35. The van der Waals surface area contributed by atoms with E-state index in [1.807, 2.05) is 48.5 Å². The zero-order valence-corrected chi connectivity index (χ0v) is 15.4. The molecule has 0 radical (unpaired) electrons. The molecule has 0 bridgehead atoms. The van der Waals surface area contributed by atoms with Gasteiger partial charge in [0.2, 0.25) is 5.91 Å². The molecule has 1 aliphatic heterocycles. The first-order valence-electron chi connectivity index (χ1n) is 9.18. The van der Waals surface area contributed by atoms with E-state index in [0.29, 0.717) is 13.0 Å². The van der Waals surface area contributed by atoms with E-state index in [0.717, 1.165) is 29.8 Å². The number of anilines is 2. The molecule has 142 valence electrons. The van der Waals surface area contributed by atoms with E-state index in [-0.39, 0.29) is 11.9 Å². The monoisotopic (exact) mass is 367 g/mol. The maximum Gasteiger partial charge on any atom is 0.326 e. The Morgan fingerprint density at radius 3 is 2.52 bits per heavy atom. The van der Waals surface area contributed by atoms with Gasteiger partial charge in [0, 0.05) is 24.7 Å². The predicted octanol–water partition coefficient (Wildman–Crippen LogP) is 2.94. The van der Waals surface area contributed by atoms with E-state index >= 15 is 0 Å². The second-order valence-electron chi connectivity index (χ2n) is 6.82. The molecule has 0 saturated heterocycles. The molecular formula is C21H25N3O3. The Morgan fingerprint density at radius 1 is 1.19 bits per heavy atom. The summed E-state index contributed by atoms with van der Waals surface area (Å²) in [6.45, 7) is 2.16. The number of carboxylic acids is 1. The predicted molar refractivity (Wildman–Crippen MR) is 106 cm³/mol. The van der Waals surface area contributed by atoms with Crippen molar-refractivity contribution in [1.82, 2.24) is 0 Å². The molecule has 1 heterocycles. The van der Waals surface area contributed by atoms with Crippen LogP contribution in [0.4, 0.5) is 11.4 Å². The normalized spacial score (nSPS) is 18.3. The zero-order valence-electron chi connectivity index (χ0n) is 15.4. The number of carboxylic acid groups (broad SMARTS) is 1. The molecule has 0 fully saturated rings. The Hall–Kier alpha value is -2.86. The lowest BCUT2D eigenvalue weighted by Crippen LogP contribution is -2.43. The number of nitrogens with two attached hydrogens (primary N) is 1. The van der Waals surface area contributed by atoms with Crippen molar-refractivity contribution in [3.05, 3.63) is 59.7 Å². The summed E-state index contributed by atoms with van der Waals surface area (Å²) in [5.41, 5.74) is 9.19. The zero-order chi connectivity index (χ0) is 19.4. The number of carbonyl (C=O) groups is 2. The van der Waals surface area contributed by atoms with Gasteiger partial charge in [-0.2, -0.15) is 0 Å². The molecular weight excluding hydrogens is 342 g/mol. The van der Waals surface area contributed by atoms with Gasteiger partial charge in [0.15, 0.2) is 0 Å². The van der Waals surface area contributed by atoms with Crippen molar-refractivity contribution in [3.8, 4) is 0 Å². The van der Waals surface area contributed by atoms with E-state index in [9.17, 15) is 14.7 Å². The summed E-state index contributed by atoms with van der Waals surface area (Å²) in [4.78, 5) is 25.8. The second kappa shape index (κ2) is 8.22. The summed E-state index contributed by atoms with van der Waals surface area (Å²) in [5, 5.41) is 12.6. The van der Waals surface area contributed by atoms with Crippen LogP contribution >= 0.6 is 0 Å². The van der Waals surface area contributed by atoms with Crippen LogP contribution in [0.3, 0.4) is 0 Å². The van der Waals surface area contributed by atoms with Gasteiger partial charge in [-0.05, 0) is 48.7 Å². The molecule has 0 aromatic heterocycles. The number of nitrogens with zero attached hydrogens (tertiary/aromatic N) is 1. The van der Waals surface area contributed by atoms with E-state index in [4.69, 9.17) is 5.73 Å². The fourth-order valence-electron chi connectivity index (χ4n) is 3.63. The highest BCUT2D eigenvalue weighted by Crippen LogP contribution is 2.39. The Morgan fingerprint density at radius 2 is 1.89 bits per heavy atom. The molecule has 6 heteroatoms. The van der Waals surface area contributed by atoms with Crippen molar-refractivity contribution in [3.63, 3.8) is 0 Å². The number of hydrogen-bond acceptors (Lipinski definition) is 4. The van der Waals surface area contributed by atoms with Gasteiger partial charge in [-0.25, -0.2) is 4.79 Å². The van der Waals surface area contributed by atoms with Gasteiger partial charge in [0.1, 0.15) is 6.04 Å². The van der Waals surface area contributed by atoms with Gasteiger partial charge < -0.3 is 21.1 Å². The number of fused-ring (bicyclic) bond motifs is 1. The van der Waals surface area contributed by atoms with Crippen LogP contribution in [0.1, 0.15) is 36.9 Å². The van der Waals surface area contributed by atoms with Crippen LogP contribution in [0, 0.1) is 0 Å². The lowest BCUT2D eigenvalue weighted by Gasteiger charge is -2.38. The molecule has 2 aromatic carbocycles. The van der Waals surface area contributed by atoms with E-state index < -0.39 is 12.0 Å². The molecule has 27 heavy (non-hydrogen) atoms. The number of nitrogens with one attached hydrogen (secondary N) is 1. The molecule has 0 aliphatic carbocycles. The van der Waals surface area contributed by atoms with Gasteiger partial charge in [0.25, 0.3) is 0 Å². The standard InChI is InChI=1S/C21H25N3O3/c1-14(25)24(16-10-8-15(9-11-16)5-4-12-22)20-13-19(21(26)27)23-18-7-3-2-6-17(18)20/h2-3,6-11,19-20,23H,4-5,12-13,22H2,1H3,(H,26,27)/t19-,20+/m0/s1. The first-order valence-corrected chi connectivity index (χ1v) is 9.18. The molecule has 6 nitrogen and oxygen atoms in total. The van der Waals surface area contributed by atoms with Crippen molar-refractivity contribution in [2.24, 2.45) is 5.73 Å². The van der Waals surface area contributed by atoms with E-state index in [1.165, 1.54) is 12.5 Å². The topological polar surface area (TPSA) is 95.7 Å². The minimum Gasteiger partial charge on any atom is -0.480 e. The summed E-state index contributed by atoms with van der Waals surface area (Å²) in [6.07, 6.45) is 2.12. The third-order valence-corrected chi connectivity index (χ3v) is 4.94. The summed E-state index contributed by atoms with van der Waals surface area (Å²) in [5.74, 6) is -1.04. The molecule has 1 aliphatic rings. The molecule has 3 rings (SSSR count). The van der Waals surface area contributed by atoms with Crippen LogP contribution in [0.2, 0.25) is 0 Å². The van der Waals surface area contributed by atoms with E-state index in [2.05, 4.69) is 5.32 Å². The number of aliphatic carboxylic acids is 1. The lowest BCUT2D eigenvalue weighted by molar-refractivity contribution is -0.138. The molecule has 2 aromatic rings. The van der Waals surface area contributed by atoms with Crippen molar-refractivity contribution < 1.29 is 14.7 Å². The maximum absolute atomic E-state index is 12.5. The van der Waals surface area contributed by atoms with Gasteiger partial charge in [-0.15, -0.1) is 0 Å². The number of benzene rings is 2. The number of para-hydroxylation sites is 1. The summed E-state index contributed by atoms with van der Waals surface area (Å²) in [7, 11) is 0. The summed E-state index contributed by atoms with van der Waals surface area (Å²) < 4.78 is 0. The highest BCUT2D eigenvalue weighted by molar-refractivity contribution is 5.93. The second-order valence-corrected chi connectivity index (χ2v) is 6.82. The van der Waals surface area contributed by atoms with Gasteiger partial charge in [0.05, 0.1) is 6.04 Å². The maximum atomic E-state index is 12.5. The fourth-order valence-corrected chi connectivity index (χ4v) is 3.63. The van der Waals surface area contributed by atoms with Crippen LogP contribution in [0.25, 0.3) is 0 Å². The van der Waals surface area contributed by atoms with Crippen LogP contribution in [-0.4, -0.2) is 29.6 Å². The highest BCUT2D eigenvalue weighted by atomic mass is 16.4. The first kappa shape index (κ1) is 18.9. The smallest absolute Gasteiger partial charge is 0.326 e. The van der Waals surface area contributed by atoms with Crippen LogP contribution in [0.5, 0.6) is 0 Å². The van der Waals surface area contributed by atoms with Crippen molar-refractivity contribution >= 4 is 23.3 Å². The average Bonchev–Trinajstić information content (AvgIpc) is 2.67. The first-order chi connectivity index (χ1) is 13.0. The number of amides is 1. The molecule has 2 atom stereocenters. The van der Waals surface area contributed by atoms with Crippen molar-refractivity contribution in [1.29, 1.82) is 0 Å². The fraction of sp³-hybridized carbons (Fsp3) is 0.333. The van der Waals surface area contributed by atoms with Crippen LogP contribution in [-0.2, 0) is 16.0 Å². The van der Waals surface area contributed by atoms with Crippen LogP contribution in [0.15, 0.2) is 48.5 Å². The minimum atomic E-state index is -0.921. The molecule has 1 amide bonds. The van der Waals surface area contributed by atoms with Crippen LogP contribution < -0.4 is 16.0 Å².